The third kappa shape index (κ3) is 6.65. The van der Waals surface area contributed by atoms with Gasteiger partial charge in [-0.15, -0.1) is 0 Å². The number of carboxylic acid groups (broad SMARTS) is 1. The van der Waals surface area contributed by atoms with E-state index in [0.29, 0.717) is 19.6 Å². The molecule has 33 heavy (non-hydrogen) atoms. The maximum atomic E-state index is 11.6. The summed E-state index contributed by atoms with van der Waals surface area (Å²) in [6.07, 6.45) is 6.47. The highest BCUT2D eigenvalue weighted by molar-refractivity contribution is 7.08. The molecule has 184 valence electrons. The van der Waals surface area contributed by atoms with Gasteiger partial charge in [0.25, 0.3) is 0 Å². The number of aliphatic carboxylic acids is 1. The van der Waals surface area contributed by atoms with Crippen molar-refractivity contribution in [3.63, 3.8) is 0 Å². The number of carbonyl (C=O) groups is 1. The second kappa shape index (κ2) is 11.9. The third-order valence-corrected chi connectivity index (χ3v) is 7.61. The first kappa shape index (κ1) is 24.8. The van der Waals surface area contributed by atoms with Gasteiger partial charge < -0.3 is 29.2 Å². The highest BCUT2D eigenvalue weighted by Gasteiger charge is 2.44. The average Bonchev–Trinajstić information content (AvgIpc) is 3.42. The monoisotopic (exact) mass is 480 g/mol. The van der Waals surface area contributed by atoms with Crippen LogP contribution in [-0.4, -0.2) is 60.3 Å². The maximum Gasteiger partial charge on any atom is 0.303 e. The van der Waals surface area contributed by atoms with E-state index < -0.39 is 18.0 Å². The fourth-order valence-corrected chi connectivity index (χ4v) is 5.85. The summed E-state index contributed by atoms with van der Waals surface area (Å²) in [7, 11) is 0. The van der Waals surface area contributed by atoms with E-state index in [-0.39, 0.29) is 37.1 Å². The molecule has 7 unspecified atom stereocenters. The molecule has 1 aliphatic carbocycles. The van der Waals surface area contributed by atoms with Crippen molar-refractivity contribution in [3.8, 4) is 0 Å². The molecule has 3 fully saturated rings. The van der Waals surface area contributed by atoms with Gasteiger partial charge in [-0.3, -0.25) is 4.79 Å². The van der Waals surface area contributed by atoms with Crippen molar-refractivity contribution in [2.75, 3.05) is 13.2 Å². The van der Waals surface area contributed by atoms with Crippen LogP contribution in [0, 0.1) is 11.8 Å². The molecule has 7 nitrogen and oxygen atoms in total. The van der Waals surface area contributed by atoms with Gasteiger partial charge in [0.05, 0.1) is 24.7 Å². The Balaban J connectivity index is 1.59. The van der Waals surface area contributed by atoms with Crippen LogP contribution in [0.4, 0.5) is 0 Å². The van der Waals surface area contributed by atoms with Crippen LogP contribution in [-0.2, 0) is 23.7 Å². The summed E-state index contributed by atoms with van der Waals surface area (Å²) in [5.74, 6) is -1.60. The fraction of sp³-hybridized carbons (Fsp3) is 0.720. The molecule has 4 rings (SSSR count). The fourth-order valence-electron chi connectivity index (χ4n) is 5.19. The van der Waals surface area contributed by atoms with Crippen LogP contribution in [0.2, 0.25) is 0 Å². The van der Waals surface area contributed by atoms with Gasteiger partial charge in [0.1, 0.15) is 0 Å². The molecule has 1 aromatic rings. The lowest BCUT2D eigenvalue weighted by atomic mass is 9.87. The van der Waals surface area contributed by atoms with Gasteiger partial charge in [-0.2, -0.15) is 11.3 Å². The molecule has 0 amide bonds. The van der Waals surface area contributed by atoms with E-state index in [2.05, 4.69) is 17.5 Å². The number of ether oxygens (including phenoxy) is 4. The zero-order valence-corrected chi connectivity index (χ0v) is 20.1. The Morgan fingerprint density at radius 1 is 1.21 bits per heavy atom. The zero-order valence-electron chi connectivity index (χ0n) is 19.3. The van der Waals surface area contributed by atoms with E-state index in [1.807, 2.05) is 12.3 Å². The first-order chi connectivity index (χ1) is 16.0. The Morgan fingerprint density at radius 2 is 1.94 bits per heavy atom. The molecule has 2 aliphatic heterocycles. The van der Waals surface area contributed by atoms with Crippen molar-refractivity contribution in [2.45, 2.75) is 89.2 Å². The summed E-state index contributed by atoms with van der Waals surface area (Å²) in [6, 6.07) is 2.05. The predicted molar refractivity (Wildman–Crippen MR) is 125 cm³/mol. The molecule has 0 radical (unpaired) electrons. The molecule has 1 aromatic heterocycles. The molecule has 0 aromatic carbocycles. The van der Waals surface area contributed by atoms with Crippen LogP contribution in [0.15, 0.2) is 22.9 Å². The summed E-state index contributed by atoms with van der Waals surface area (Å²) >= 11 is 1.61. The number of aliphatic hydroxyl groups excluding tert-OH is 1. The first-order valence-corrected chi connectivity index (χ1v) is 13.1. The van der Waals surface area contributed by atoms with Crippen LogP contribution < -0.4 is 0 Å². The molecular weight excluding hydrogens is 444 g/mol. The number of hydrogen-bond donors (Lipinski definition) is 2. The van der Waals surface area contributed by atoms with Gasteiger partial charge in [0, 0.05) is 31.5 Å². The van der Waals surface area contributed by atoms with Crippen LogP contribution in [0.25, 0.3) is 5.57 Å². The molecule has 8 heteroatoms. The highest BCUT2D eigenvalue weighted by atomic mass is 32.1. The Labute approximate surface area is 199 Å². The number of thiophene rings is 1. The average molecular weight is 481 g/mol. The Morgan fingerprint density at radius 3 is 2.55 bits per heavy atom. The Kier molecular flexibility index (Phi) is 8.96. The molecule has 3 heterocycles. The summed E-state index contributed by atoms with van der Waals surface area (Å²) in [5.41, 5.74) is 2.03. The van der Waals surface area contributed by atoms with Crippen molar-refractivity contribution in [2.24, 2.45) is 11.8 Å². The van der Waals surface area contributed by atoms with Crippen molar-refractivity contribution in [3.05, 3.63) is 28.5 Å². The zero-order chi connectivity index (χ0) is 23.2. The molecular formula is C25H36O7S. The number of aliphatic hydroxyl groups is 1. The quantitative estimate of drug-likeness (QED) is 0.539. The van der Waals surface area contributed by atoms with E-state index in [9.17, 15) is 15.0 Å². The topological polar surface area (TPSA) is 94.5 Å². The van der Waals surface area contributed by atoms with E-state index in [1.54, 1.807) is 11.3 Å². The van der Waals surface area contributed by atoms with Crippen molar-refractivity contribution in [1.82, 2.24) is 0 Å². The van der Waals surface area contributed by atoms with E-state index in [4.69, 9.17) is 18.9 Å². The number of rotatable bonds is 9. The van der Waals surface area contributed by atoms with Gasteiger partial charge in [-0.1, -0.05) is 6.08 Å². The minimum Gasteiger partial charge on any atom is -0.481 e. The van der Waals surface area contributed by atoms with Crippen LogP contribution in [0.1, 0.15) is 63.9 Å². The minimum atomic E-state index is -0.913. The second-order valence-corrected chi connectivity index (χ2v) is 10.1. The maximum absolute atomic E-state index is 11.6. The normalized spacial score (nSPS) is 34.3. The number of hydrogen-bond acceptors (Lipinski definition) is 7. The molecule has 7 atom stereocenters. The van der Waals surface area contributed by atoms with Crippen molar-refractivity contribution >= 4 is 22.9 Å². The smallest absolute Gasteiger partial charge is 0.303 e. The van der Waals surface area contributed by atoms with Gasteiger partial charge in [0.2, 0.25) is 0 Å². The summed E-state index contributed by atoms with van der Waals surface area (Å²) in [4.78, 5) is 11.6. The summed E-state index contributed by atoms with van der Waals surface area (Å²) in [6.45, 7) is 3.40. The minimum absolute atomic E-state index is 0.106. The molecule has 3 aliphatic rings. The first-order valence-electron chi connectivity index (χ1n) is 12.2. The number of carboxylic acids is 1. The van der Waals surface area contributed by atoms with E-state index in [1.165, 1.54) is 0 Å². The van der Waals surface area contributed by atoms with Gasteiger partial charge in [-0.05, 0) is 73.4 Å². The summed E-state index contributed by atoms with van der Waals surface area (Å²) < 4.78 is 24.2. The molecule has 2 saturated heterocycles. The second-order valence-electron chi connectivity index (χ2n) is 9.32. The molecule has 0 bridgehead atoms. The van der Waals surface area contributed by atoms with E-state index >= 15 is 0 Å². The van der Waals surface area contributed by atoms with Gasteiger partial charge in [0.15, 0.2) is 12.6 Å². The molecule has 1 saturated carbocycles. The van der Waals surface area contributed by atoms with Crippen molar-refractivity contribution in [1.29, 1.82) is 0 Å². The Hall–Kier alpha value is -1.29. The predicted octanol–water partition coefficient (Wildman–Crippen LogP) is 4.45. The SMILES string of the molecule is CC(OC1CCCCO1)C(=CC1C(OC2CCCCO2)CC(O)C1CC(=O)O)c1ccsc1. The van der Waals surface area contributed by atoms with E-state index in [0.717, 1.165) is 49.7 Å². The molecule has 0 spiro atoms. The third-order valence-electron chi connectivity index (χ3n) is 6.92. The van der Waals surface area contributed by atoms with Crippen molar-refractivity contribution < 1.29 is 34.0 Å². The van der Waals surface area contributed by atoms with Crippen LogP contribution in [0.5, 0.6) is 0 Å². The van der Waals surface area contributed by atoms with Crippen LogP contribution >= 0.6 is 11.3 Å². The lowest BCUT2D eigenvalue weighted by Crippen LogP contribution is -2.32. The highest BCUT2D eigenvalue weighted by Crippen LogP contribution is 2.41. The largest absolute Gasteiger partial charge is 0.481 e. The van der Waals surface area contributed by atoms with Crippen LogP contribution in [0.3, 0.4) is 0 Å². The van der Waals surface area contributed by atoms with Gasteiger partial charge in [-0.25, -0.2) is 0 Å². The lowest BCUT2D eigenvalue weighted by Gasteiger charge is -2.31. The molecule has 2 N–H and O–H groups in total. The summed E-state index contributed by atoms with van der Waals surface area (Å²) in [5, 5.41) is 24.4. The Bertz CT molecular complexity index is 768. The lowest BCUT2D eigenvalue weighted by molar-refractivity contribution is -0.193. The van der Waals surface area contributed by atoms with Gasteiger partial charge >= 0.3 is 5.97 Å². The standard InChI is InChI=1S/C25H36O7S/c1-16(31-24-6-2-4-9-29-24)18(17-8-11-33-15-17)12-20-19(13-23(27)28)21(26)14-22(20)32-25-7-3-5-10-30-25/h8,11-12,15-16,19-22,24-26H,2-7,9-10,13-14H2,1H3,(H,27,28).